The highest BCUT2D eigenvalue weighted by Gasteiger charge is 2.08. The molecule has 0 heterocycles. The Bertz CT molecular complexity index is 590. The third kappa shape index (κ3) is 3.86. The van der Waals surface area contributed by atoms with Gasteiger partial charge in [0, 0.05) is 27.7 Å². The van der Waals surface area contributed by atoms with Gasteiger partial charge in [-0.15, -0.1) is 0 Å². The predicted molar refractivity (Wildman–Crippen MR) is 83.4 cm³/mol. The minimum Gasteiger partial charge on any atom is -0.455 e. The van der Waals surface area contributed by atoms with E-state index in [2.05, 4.69) is 21.2 Å². The Labute approximate surface area is 130 Å². The Kier molecular flexibility index (Phi) is 5.11. The number of nitrogens with one attached hydrogen (secondary N) is 1. The molecular weight excluding hydrogens is 349 g/mol. The first kappa shape index (κ1) is 14.7. The van der Waals surface area contributed by atoms with Gasteiger partial charge in [0.25, 0.3) is 0 Å². The van der Waals surface area contributed by atoms with Crippen LogP contribution in [0.3, 0.4) is 0 Å². The number of rotatable bonds is 4. The lowest BCUT2D eigenvalue weighted by Gasteiger charge is -2.12. The molecule has 0 aliphatic carbocycles. The van der Waals surface area contributed by atoms with Gasteiger partial charge in [-0.05, 0) is 37.4 Å². The van der Waals surface area contributed by atoms with Gasteiger partial charge in [0.05, 0.1) is 5.02 Å². The van der Waals surface area contributed by atoms with E-state index in [0.29, 0.717) is 22.3 Å². The standard InChI is InChI=1S/C14H12BrCl2NO/c1-18-8-9-6-10(15)2-5-13(9)19-14-7-11(16)3-4-12(14)17/h2-7,18H,8H2,1H3. The molecule has 100 valence electrons. The third-order valence-electron chi connectivity index (χ3n) is 2.50. The molecule has 0 radical (unpaired) electrons. The average Bonchev–Trinajstić information content (AvgIpc) is 2.37. The Balaban J connectivity index is 2.34. The second-order valence-corrected chi connectivity index (χ2v) is 5.72. The van der Waals surface area contributed by atoms with Crippen molar-refractivity contribution in [2.75, 3.05) is 7.05 Å². The first-order chi connectivity index (χ1) is 9.10. The van der Waals surface area contributed by atoms with Crippen LogP contribution in [0, 0.1) is 0 Å². The monoisotopic (exact) mass is 359 g/mol. The van der Waals surface area contributed by atoms with Gasteiger partial charge in [0.15, 0.2) is 0 Å². The molecule has 1 N–H and O–H groups in total. The van der Waals surface area contributed by atoms with Gasteiger partial charge in [-0.1, -0.05) is 39.1 Å². The summed E-state index contributed by atoms with van der Waals surface area (Å²) in [5.41, 5.74) is 1.04. The van der Waals surface area contributed by atoms with Crippen molar-refractivity contribution in [3.8, 4) is 11.5 Å². The molecule has 2 aromatic rings. The first-order valence-corrected chi connectivity index (χ1v) is 7.21. The summed E-state index contributed by atoms with van der Waals surface area (Å²) in [6.45, 7) is 0.701. The molecule has 2 rings (SSSR count). The Morgan fingerprint density at radius 1 is 1.11 bits per heavy atom. The first-order valence-electron chi connectivity index (χ1n) is 5.66. The van der Waals surface area contributed by atoms with Gasteiger partial charge in [0.1, 0.15) is 11.5 Å². The lowest BCUT2D eigenvalue weighted by atomic mass is 10.2. The van der Waals surface area contributed by atoms with E-state index in [-0.39, 0.29) is 0 Å². The van der Waals surface area contributed by atoms with E-state index < -0.39 is 0 Å². The number of benzene rings is 2. The maximum Gasteiger partial charge on any atom is 0.147 e. The van der Waals surface area contributed by atoms with Crippen molar-refractivity contribution in [1.82, 2.24) is 5.32 Å². The van der Waals surface area contributed by atoms with Crippen LogP contribution in [0.2, 0.25) is 10.0 Å². The van der Waals surface area contributed by atoms with Crippen LogP contribution >= 0.6 is 39.1 Å². The highest BCUT2D eigenvalue weighted by Crippen LogP contribution is 2.34. The molecule has 0 unspecified atom stereocenters. The zero-order chi connectivity index (χ0) is 13.8. The van der Waals surface area contributed by atoms with Crippen molar-refractivity contribution in [3.05, 3.63) is 56.5 Å². The van der Waals surface area contributed by atoms with Gasteiger partial charge >= 0.3 is 0 Å². The molecule has 0 aliphatic heterocycles. The van der Waals surface area contributed by atoms with Crippen LogP contribution in [0.5, 0.6) is 11.5 Å². The number of hydrogen-bond donors (Lipinski definition) is 1. The topological polar surface area (TPSA) is 21.3 Å². The summed E-state index contributed by atoms with van der Waals surface area (Å²) in [7, 11) is 1.89. The van der Waals surface area contributed by atoms with Gasteiger partial charge < -0.3 is 10.1 Å². The Morgan fingerprint density at radius 3 is 2.63 bits per heavy atom. The molecule has 2 aromatic carbocycles. The molecule has 5 heteroatoms. The highest BCUT2D eigenvalue weighted by atomic mass is 79.9. The summed E-state index contributed by atoms with van der Waals surface area (Å²) in [5.74, 6) is 1.30. The number of ether oxygens (including phenoxy) is 1. The van der Waals surface area contributed by atoms with Crippen molar-refractivity contribution in [3.63, 3.8) is 0 Å². The zero-order valence-corrected chi connectivity index (χ0v) is 13.3. The van der Waals surface area contributed by atoms with E-state index in [9.17, 15) is 0 Å². The molecule has 0 spiro atoms. The van der Waals surface area contributed by atoms with Crippen LogP contribution in [0.1, 0.15) is 5.56 Å². The molecule has 0 fully saturated rings. The number of halogens is 3. The summed E-state index contributed by atoms with van der Waals surface area (Å²) < 4.78 is 6.85. The fourth-order valence-corrected chi connectivity index (χ4v) is 2.38. The molecule has 0 bridgehead atoms. The fraction of sp³-hybridized carbons (Fsp3) is 0.143. The highest BCUT2D eigenvalue weighted by molar-refractivity contribution is 9.10. The van der Waals surface area contributed by atoms with Gasteiger partial charge in [-0.25, -0.2) is 0 Å². The average molecular weight is 361 g/mol. The summed E-state index contributed by atoms with van der Waals surface area (Å²) in [4.78, 5) is 0. The molecule has 0 amide bonds. The third-order valence-corrected chi connectivity index (χ3v) is 3.54. The fourth-order valence-electron chi connectivity index (χ4n) is 1.65. The van der Waals surface area contributed by atoms with Crippen LogP contribution in [0.25, 0.3) is 0 Å². The van der Waals surface area contributed by atoms with Gasteiger partial charge in [-0.2, -0.15) is 0 Å². The molecule has 0 atom stereocenters. The van der Waals surface area contributed by atoms with E-state index >= 15 is 0 Å². The lowest BCUT2D eigenvalue weighted by Crippen LogP contribution is -2.06. The van der Waals surface area contributed by atoms with Crippen LogP contribution in [-0.4, -0.2) is 7.05 Å². The van der Waals surface area contributed by atoms with Crippen molar-refractivity contribution in [2.24, 2.45) is 0 Å². The maximum atomic E-state index is 6.10. The minimum atomic E-state index is 0.530. The summed E-state index contributed by atoms with van der Waals surface area (Å²) in [6.07, 6.45) is 0. The van der Waals surface area contributed by atoms with Crippen molar-refractivity contribution in [1.29, 1.82) is 0 Å². The molecule has 2 nitrogen and oxygen atoms in total. The second-order valence-electron chi connectivity index (χ2n) is 3.96. The SMILES string of the molecule is CNCc1cc(Br)ccc1Oc1cc(Cl)ccc1Cl. The van der Waals surface area contributed by atoms with Crippen LogP contribution in [0.15, 0.2) is 40.9 Å². The molecule has 0 saturated heterocycles. The summed E-state index contributed by atoms with van der Waals surface area (Å²) in [5, 5.41) is 4.22. The number of hydrogen-bond acceptors (Lipinski definition) is 2. The van der Waals surface area contributed by atoms with Crippen LogP contribution < -0.4 is 10.1 Å². The van der Waals surface area contributed by atoms with E-state index in [0.717, 1.165) is 15.8 Å². The molecular formula is C14H12BrCl2NO. The van der Waals surface area contributed by atoms with Crippen molar-refractivity contribution >= 4 is 39.1 Å². The Morgan fingerprint density at radius 2 is 1.89 bits per heavy atom. The molecule has 0 aromatic heterocycles. The predicted octanol–water partition coefficient (Wildman–Crippen LogP) is 5.27. The van der Waals surface area contributed by atoms with Crippen molar-refractivity contribution in [2.45, 2.75) is 6.54 Å². The van der Waals surface area contributed by atoms with Gasteiger partial charge in [-0.3, -0.25) is 0 Å². The van der Waals surface area contributed by atoms with E-state index in [4.69, 9.17) is 27.9 Å². The smallest absolute Gasteiger partial charge is 0.147 e. The molecule has 19 heavy (non-hydrogen) atoms. The summed E-state index contributed by atoms with van der Waals surface area (Å²) >= 11 is 15.5. The van der Waals surface area contributed by atoms with E-state index in [1.165, 1.54) is 0 Å². The van der Waals surface area contributed by atoms with Crippen LogP contribution in [-0.2, 0) is 6.54 Å². The largest absolute Gasteiger partial charge is 0.455 e. The Hall–Kier alpha value is -0.740. The molecule has 0 saturated carbocycles. The summed E-state index contributed by atoms with van der Waals surface area (Å²) in [6, 6.07) is 11.0. The van der Waals surface area contributed by atoms with Crippen LogP contribution in [0.4, 0.5) is 0 Å². The quantitative estimate of drug-likeness (QED) is 0.802. The normalized spacial score (nSPS) is 10.5. The van der Waals surface area contributed by atoms with Gasteiger partial charge in [0.2, 0.25) is 0 Å². The lowest BCUT2D eigenvalue weighted by molar-refractivity contribution is 0.474. The second kappa shape index (κ2) is 6.62. The minimum absolute atomic E-state index is 0.530. The maximum absolute atomic E-state index is 6.10. The molecule has 0 aliphatic rings. The van der Waals surface area contributed by atoms with E-state index in [1.54, 1.807) is 18.2 Å². The van der Waals surface area contributed by atoms with E-state index in [1.807, 2.05) is 25.2 Å². The van der Waals surface area contributed by atoms with Crippen molar-refractivity contribution < 1.29 is 4.74 Å². The zero-order valence-electron chi connectivity index (χ0n) is 10.2.